The van der Waals surface area contributed by atoms with E-state index in [2.05, 4.69) is 20.1 Å². The van der Waals surface area contributed by atoms with Crippen LogP contribution in [0.3, 0.4) is 0 Å². The fourth-order valence-electron chi connectivity index (χ4n) is 2.58. The maximum absolute atomic E-state index is 8.14. The molecule has 0 heterocycles. The molecule has 0 saturated heterocycles. The first-order valence-corrected chi connectivity index (χ1v) is 8.93. The molecule has 0 rings (SSSR count). The van der Waals surface area contributed by atoms with Crippen molar-refractivity contribution in [2.75, 3.05) is 13.1 Å². The van der Waals surface area contributed by atoms with Crippen LogP contribution < -0.4 is 0 Å². The fourth-order valence-corrected chi connectivity index (χ4v) is 2.58. The van der Waals surface area contributed by atoms with E-state index >= 15 is 0 Å². The topological polar surface area (TPSA) is 97.5 Å². The minimum Gasteiger partial charge on any atom is -0.0940 e. The van der Waals surface area contributed by atoms with E-state index in [0.29, 0.717) is 13.1 Å². The summed E-state index contributed by atoms with van der Waals surface area (Å²) in [6.45, 7) is 1.31. The highest BCUT2D eigenvalue weighted by Gasteiger charge is 1.94. The molecule has 0 aromatic heterocycles. The van der Waals surface area contributed by atoms with Gasteiger partial charge in [-0.1, -0.05) is 87.3 Å². The van der Waals surface area contributed by atoms with Crippen molar-refractivity contribution < 1.29 is 0 Å². The number of unbranched alkanes of at least 4 members (excludes halogenated alkanes) is 13. The van der Waals surface area contributed by atoms with Crippen LogP contribution in [0.4, 0.5) is 0 Å². The molecule has 0 fully saturated rings. The maximum Gasteiger partial charge on any atom is 0.0257 e. The average Bonchev–Trinajstić information content (AvgIpc) is 2.54. The summed E-state index contributed by atoms with van der Waals surface area (Å²) in [5.41, 5.74) is 16.3. The molecular weight excluding hydrogens is 276 g/mol. The van der Waals surface area contributed by atoms with Gasteiger partial charge in [0, 0.05) is 22.9 Å². The van der Waals surface area contributed by atoms with E-state index < -0.39 is 0 Å². The van der Waals surface area contributed by atoms with Crippen LogP contribution in [0.1, 0.15) is 89.9 Å². The summed E-state index contributed by atoms with van der Waals surface area (Å²) in [5.74, 6) is 0. The van der Waals surface area contributed by atoms with Crippen LogP contribution in [0.5, 0.6) is 0 Å². The average molecular weight is 308 g/mol. The molecule has 0 saturated carbocycles. The molecule has 0 aromatic rings. The molecular formula is C16H32N6. The smallest absolute Gasteiger partial charge is 0.0257 e. The van der Waals surface area contributed by atoms with E-state index in [9.17, 15) is 0 Å². The third kappa shape index (κ3) is 18.6. The van der Waals surface area contributed by atoms with Gasteiger partial charge in [0.05, 0.1) is 0 Å². The van der Waals surface area contributed by atoms with E-state index in [0.717, 1.165) is 12.8 Å². The lowest BCUT2D eigenvalue weighted by Gasteiger charge is -2.03. The lowest BCUT2D eigenvalue weighted by Crippen LogP contribution is -1.85. The molecule has 0 aliphatic rings. The summed E-state index contributed by atoms with van der Waals surface area (Å²) < 4.78 is 0. The Morgan fingerprint density at radius 3 is 0.864 bits per heavy atom. The van der Waals surface area contributed by atoms with Gasteiger partial charge in [-0.15, -0.1) is 0 Å². The Balaban J connectivity index is 2.99. The van der Waals surface area contributed by atoms with E-state index in [1.165, 1.54) is 77.0 Å². The van der Waals surface area contributed by atoms with Crippen LogP contribution >= 0.6 is 0 Å². The van der Waals surface area contributed by atoms with Crippen molar-refractivity contribution >= 4 is 0 Å². The second-order valence-electron chi connectivity index (χ2n) is 5.86. The second kappa shape index (κ2) is 19.6. The van der Waals surface area contributed by atoms with Crippen molar-refractivity contribution in [3.63, 3.8) is 0 Å². The van der Waals surface area contributed by atoms with Crippen molar-refractivity contribution in [3.8, 4) is 0 Å². The first-order chi connectivity index (χ1) is 10.9. The predicted octanol–water partition coefficient (Wildman–Crippen LogP) is 7.07. The Labute approximate surface area is 134 Å². The molecule has 6 heteroatoms. The zero-order valence-corrected chi connectivity index (χ0v) is 14.0. The van der Waals surface area contributed by atoms with Gasteiger partial charge in [-0.3, -0.25) is 0 Å². The van der Waals surface area contributed by atoms with E-state index in [1.54, 1.807) is 0 Å². The molecule has 0 aliphatic carbocycles. The molecule has 0 amide bonds. The van der Waals surface area contributed by atoms with Crippen molar-refractivity contribution in [1.82, 2.24) is 0 Å². The van der Waals surface area contributed by atoms with Gasteiger partial charge in [0.25, 0.3) is 0 Å². The first-order valence-electron chi connectivity index (χ1n) is 8.93. The normalized spacial score (nSPS) is 10.0. The Hall–Kier alpha value is -1.38. The number of nitrogens with zero attached hydrogens (tertiary/aromatic N) is 6. The Morgan fingerprint density at radius 1 is 0.409 bits per heavy atom. The highest BCUT2D eigenvalue weighted by atomic mass is 15.1. The summed E-state index contributed by atoms with van der Waals surface area (Å²) in [6.07, 6.45) is 17.8. The molecule has 0 spiro atoms. The van der Waals surface area contributed by atoms with Gasteiger partial charge in [-0.2, -0.15) is 0 Å². The number of azide groups is 2. The molecule has 22 heavy (non-hydrogen) atoms. The molecule has 0 atom stereocenters. The zero-order chi connectivity index (χ0) is 16.1. The van der Waals surface area contributed by atoms with Crippen molar-refractivity contribution in [3.05, 3.63) is 20.9 Å². The summed E-state index contributed by atoms with van der Waals surface area (Å²) in [5, 5.41) is 7.08. The van der Waals surface area contributed by atoms with Gasteiger partial charge in [0.1, 0.15) is 0 Å². The van der Waals surface area contributed by atoms with Crippen molar-refractivity contribution in [1.29, 1.82) is 0 Å². The first kappa shape index (κ1) is 20.6. The molecule has 0 aliphatic heterocycles. The highest BCUT2D eigenvalue weighted by molar-refractivity contribution is 4.52. The molecule has 0 aromatic carbocycles. The van der Waals surface area contributed by atoms with Crippen LogP contribution in [0.2, 0.25) is 0 Å². The zero-order valence-electron chi connectivity index (χ0n) is 14.0. The van der Waals surface area contributed by atoms with E-state index in [1.807, 2.05) is 0 Å². The molecule has 0 N–H and O–H groups in total. The van der Waals surface area contributed by atoms with Gasteiger partial charge >= 0.3 is 0 Å². The monoisotopic (exact) mass is 308 g/mol. The van der Waals surface area contributed by atoms with E-state index in [4.69, 9.17) is 11.1 Å². The molecule has 126 valence electrons. The standard InChI is InChI=1S/C16H32N6/c17-21-19-15-13-11-9-7-5-3-1-2-4-6-8-10-12-14-16-20-22-18/h1-16H2. The third-order valence-electron chi connectivity index (χ3n) is 3.89. The minimum absolute atomic E-state index is 0.655. The van der Waals surface area contributed by atoms with Gasteiger partial charge < -0.3 is 0 Å². The van der Waals surface area contributed by atoms with E-state index in [-0.39, 0.29) is 0 Å². The summed E-state index contributed by atoms with van der Waals surface area (Å²) in [7, 11) is 0. The molecule has 0 radical (unpaired) electrons. The van der Waals surface area contributed by atoms with Crippen LogP contribution in [0.25, 0.3) is 20.9 Å². The highest BCUT2D eigenvalue weighted by Crippen LogP contribution is 2.13. The minimum atomic E-state index is 0.655. The number of hydrogen-bond donors (Lipinski definition) is 0. The largest absolute Gasteiger partial charge is 0.0940 e. The van der Waals surface area contributed by atoms with Crippen molar-refractivity contribution in [2.45, 2.75) is 89.9 Å². The van der Waals surface area contributed by atoms with Gasteiger partial charge in [0.15, 0.2) is 0 Å². The van der Waals surface area contributed by atoms with Crippen LogP contribution in [-0.2, 0) is 0 Å². The van der Waals surface area contributed by atoms with Crippen LogP contribution in [0, 0.1) is 0 Å². The number of hydrogen-bond acceptors (Lipinski definition) is 2. The summed E-state index contributed by atoms with van der Waals surface area (Å²) >= 11 is 0. The molecule has 0 unspecified atom stereocenters. The lowest BCUT2D eigenvalue weighted by atomic mass is 10.0. The molecule has 0 bridgehead atoms. The second-order valence-corrected chi connectivity index (χ2v) is 5.86. The maximum atomic E-state index is 8.14. The van der Waals surface area contributed by atoms with Crippen LogP contribution in [-0.4, -0.2) is 13.1 Å². The predicted molar refractivity (Wildman–Crippen MR) is 92.7 cm³/mol. The molecule has 6 nitrogen and oxygen atoms in total. The Kier molecular flexibility index (Phi) is 18.4. The fraction of sp³-hybridized carbons (Fsp3) is 1.00. The Morgan fingerprint density at radius 2 is 0.636 bits per heavy atom. The quantitative estimate of drug-likeness (QED) is 0.119. The Bertz CT molecular complexity index is 287. The summed E-state index contributed by atoms with van der Waals surface area (Å²) in [4.78, 5) is 5.51. The number of rotatable bonds is 17. The van der Waals surface area contributed by atoms with Crippen LogP contribution in [0.15, 0.2) is 10.2 Å². The van der Waals surface area contributed by atoms with Gasteiger partial charge in [0.2, 0.25) is 0 Å². The summed E-state index contributed by atoms with van der Waals surface area (Å²) in [6, 6.07) is 0. The van der Waals surface area contributed by atoms with Gasteiger partial charge in [-0.25, -0.2) is 0 Å². The SMILES string of the molecule is [N-]=[N+]=NCCCCCCCCCCCCCCCCN=[N+]=[N-]. The van der Waals surface area contributed by atoms with Crippen molar-refractivity contribution in [2.24, 2.45) is 10.2 Å². The third-order valence-corrected chi connectivity index (χ3v) is 3.89. The van der Waals surface area contributed by atoms with Gasteiger partial charge in [-0.05, 0) is 23.9 Å². The lowest BCUT2D eigenvalue weighted by molar-refractivity contribution is 0.534.